The molecule has 0 bridgehead atoms. The molecule has 2 heterocycles. The third-order valence-corrected chi connectivity index (χ3v) is 3.26. The van der Waals surface area contributed by atoms with E-state index in [-0.39, 0.29) is 0 Å². The Bertz CT molecular complexity index is 513. The minimum Gasteiger partial charge on any atom is -0.397 e. The van der Waals surface area contributed by atoms with Crippen LogP contribution in [0.4, 0.5) is 5.69 Å². The van der Waals surface area contributed by atoms with Crippen molar-refractivity contribution in [1.82, 2.24) is 20.2 Å². The first-order valence-electron chi connectivity index (χ1n) is 5.96. The SMILES string of the molecule is Nc1cncc(-c2n[nH]c(C3CCCC3)n2)c1. The lowest BCUT2D eigenvalue weighted by atomic mass is 10.1. The number of hydrogen-bond acceptors (Lipinski definition) is 4. The Kier molecular flexibility index (Phi) is 2.51. The van der Waals surface area contributed by atoms with Gasteiger partial charge in [-0.3, -0.25) is 10.1 Å². The molecular weight excluding hydrogens is 214 g/mol. The lowest BCUT2D eigenvalue weighted by Crippen LogP contribution is -1.94. The van der Waals surface area contributed by atoms with Crippen LogP contribution in [-0.4, -0.2) is 20.2 Å². The number of nitrogen functional groups attached to an aromatic ring is 1. The Labute approximate surface area is 99.5 Å². The van der Waals surface area contributed by atoms with Gasteiger partial charge in [0, 0.05) is 23.9 Å². The third-order valence-electron chi connectivity index (χ3n) is 3.26. The lowest BCUT2D eigenvalue weighted by molar-refractivity contribution is 0.672. The van der Waals surface area contributed by atoms with E-state index >= 15 is 0 Å². The second-order valence-electron chi connectivity index (χ2n) is 4.53. The van der Waals surface area contributed by atoms with E-state index in [0.29, 0.717) is 17.4 Å². The van der Waals surface area contributed by atoms with Gasteiger partial charge in [-0.05, 0) is 18.9 Å². The number of anilines is 1. The molecule has 1 fully saturated rings. The third kappa shape index (κ3) is 2.00. The van der Waals surface area contributed by atoms with E-state index in [9.17, 15) is 0 Å². The average molecular weight is 229 g/mol. The largest absolute Gasteiger partial charge is 0.397 e. The Morgan fingerprint density at radius 3 is 2.82 bits per heavy atom. The summed E-state index contributed by atoms with van der Waals surface area (Å²) in [6, 6.07) is 1.84. The maximum atomic E-state index is 5.70. The fourth-order valence-corrected chi connectivity index (χ4v) is 2.37. The van der Waals surface area contributed by atoms with Crippen molar-refractivity contribution in [3.05, 3.63) is 24.3 Å². The zero-order valence-corrected chi connectivity index (χ0v) is 9.56. The summed E-state index contributed by atoms with van der Waals surface area (Å²) in [7, 11) is 0. The Morgan fingerprint density at radius 1 is 1.24 bits per heavy atom. The number of nitrogens with one attached hydrogen (secondary N) is 1. The molecule has 17 heavy (non-hydrogen) atoms. The van der Waals surface area contributed by atoms with E-state index in [0.717, 1.165) is 11.4 Å². The lowest BCUT2D eigenvalue weighted by Gasteiger charge is -2.01. The summed E-state index contributed by atoms with van der Waals surface area (Å²) in [6.07, 6.45) is 8.36. The number of H-pyrrole nitrogens is 1. The van der Waals surface area contributed by atoms with Crippen LogP contribution in [0.25, 0.3) is 11.4 Å². The van der Waals surface area contributed by atoms with Crippen LogP contribution in [0, 0.1) is 0 Å². The summed E-state index contributed by atoms with van der Waals surface area (Å²) >= 11 is 0. The molecule has 5 heteroatoms. The second-order valence-corrected chi connectivity index (χ2v) is 4.53. The van der Waals surface area contributed by atoms with Crippen molar-refractivity contribution in [3.8, 4) is 11.4 Å². The highest BCUT2D eigenvalue weighted by Crippen LogP contribution is 2.32. The van der Waals surface area contributed by atoms with Crippen molar-refractivity contribution in [2.75, 3.05) is 5.73 Å². The molecule has 0 aliphatic heterocycles. The van der Waals surface area contributed by atoms with Crippen LogP contribution < -0.4 is 5.73 Å². The van der Waals surface area contributed by atoms with Gasteiger partial charge in [0.05, 0.1) is 5.69 Å². The number of rotatable bonds is 2. The standard InChI is InChI=1S/C12H15N5/c13-10-5-9(6-14-7-10)12-15-11(16-17-12)8-3-1-2-4-8/h5-8H,1-4,13H2,(H,15,16,17). The number of aromatic amines is 1. The van der Waals surface area contributed by atoms with Crippen LogP contribution in [0.2, 0.25) is 0 Å². The Morgan fingerprint density at radius 2 is 2.06 bits per heavy atom. The molecule has 0 unspecified atom stereocenters. The maximum Gasteiger partial charge on any atom is 0.182 e. The summed E-state index contributed by atoms with van der Waals surface area (Å²) in [5, 5.41) is 7.28. The molecule has 0 radical (unpaired) electrons. The molecular formula is C12H15N5. The smallest absolute Gasteiger partial charge is 0.182 e. The summed E-state index contributed by atoms with van der Waals surface area (Å²) < 4.78 is 0. The molecule has 2 aromatic heterocycles. The fraction of sp³-hybridized carbons (Fsp3) is 0.417. The molecule has 1 aliphatic rings. The fourth-order valence-electron chi connectivity index (χ4n) is 2.37. The highest BCUT2D eigenvalue weighted by Gasteiger charge is 2.20. The highest BCUT2D eigenvalue weighted by molar-refractivity contribution is 5.58. The van der Waals surface area contributed by atoms with Gasteiger partial charge in [-0.2, -0.15) is 5.10 Å². The number of pyridine rings is 1. The molecule has 0 amide bonds. The van der Waals surface area contributed by atoms with Crippen molar-refractivity contribution >= 4 is 5.69 Å². The summed E-state index contributed by atoms with van der Waals surface area (Å²) in [5.74, 6) is 2.23. The van der Waals surface area contributed by atoms with Gasteiger partial charge in [-0.15, -0.1) is 0 Å². The topological polar surface area (TPSA) is 80.5 Å². The predicted molar refractivity (Wildman–Crippen MR) is 65.2 cm³/mol. The molecule has 5 nitrogen and oxygen atoms in total. The average Bonchev–Trinajstić information content (AvgIpc) is 3.00. The molecule has 0 saturated heterocycles. The molecule has 3 rings (SSSR count). The molecule has 2 aromatic rings. The number of nitrogens with two attached hydrogens (primary N) is 1. The zero-order valence-electron chi connectivity index (χ0n) is 9.56. The first-order valence-corrected chi connectivity index (χ1v) is 5.96. The second kappa shape index (κ2) is 4.16. The van der Waals surface area contributed by atoms with Gasteiger partial charge in [0.15, 0.2) is 5.82 Å². The van der Waals surface area contributed by atoms with Crippen molar-refractivity contribution in [3.63, 3.8) is 0 Å². The molecule has 0 atom stereocenters. The van der Waals surface area contributed by atoms with E-state index < -0.39 is 0 Å². The van der Waals surface area contributed by atoms with Gasteiger partial charge in [0.25, 0.3) is 0 Å². The van der Waals surface area contributed by atoms with Crippen molar-refractivity contribution in [2.24, 2.45) is 0 Å². The van der Waals surface area contributed by atoms with Crippen LogP contribution in [-0.2, 0) is 0 Å². The summed E-state index contributed by atoms with van der Waals surface area (Å²) in [4.78, 5) is 8.59. The first kappa shape index (κ1) is 10.3. The Balaban J connectivity index is 1.89. The molecule has 0 aromatic carbocycles. The normalized spacial score (nSPS) is 16.5. The van der Waals surface area contributed by atoms with Gasteiger partial charge in [0.2, 0.25) is 0 Å². The van der Waals surface area contributed by atoms with Gasteiger partial charge in [0.1, 0.15) is 5.82 Å². The molecule has 0 spiro atoms. The maximum absolute atomic E-state index is 5.70. The van der Waals surface area contributed by atoms with Crippen LogP contribution in [0.5, 0.6) is 0 Å². The number of hydrogen-bond donors (Lipinski definition) is 2. The van der Waals surface area contributed by atoms with E-state index in [4.69, 9.17) is 5.73 Å². The van der Waals surface area contributed by atoms with Crippen LogP contribution >= 0.6 is 0 Å². The molecule has 3 N–H and O–H groups in total. The monoisotopic (exact) mass is 229 g/mol. The Hall–Kier alpha value is -1.91. The number of aromatic nitrogens is 4. The van der Waals surface area contributed by atoms with E-state index in [2.05, 4.69) is 20.2 Å². The minimum atomic E-state index is 0.547. The predicted octanol–water partition coefficient (Wildman–Crippen LogP) is 2.11. The van der Waals surface area contributed by atoms with E-state index in [1.165, 1.54) is 25.7 Å². The van der Waals surface area contributed by atoms with Crippen LogP contribution in [0.1, 0.15) is 37.4 Å². The molecule has 1 saturated carbocycles. The van der Waals surface area contributed by atoms with Gasteiger partial charge in [-0.25, -0.2) is 4.98 Å². The van der Waals surface area contributed by atoms with Crippen LogP contribution in [0.15, 0.2) is 18.5 Å². The summed E-state index contributed by atoms with van der Waals surface area (Å²) in [5.41, 5.74) is 7.20. The molecule has 88 valence electrons. The van der Waals surface area contributed by atoms with Crippen LogP contribution in [0.3, 0.4) is 0 Å². The van der Waals surface area contributed by atoms with Gasteiger partial charge < -0.3 is 5.73 Å². The van der Waals surface area contributed by atoms with Gasteiger partial charge >= 0.3 is 0 Å². The highest BCUT2D eigenvalue weighted by atomic mass is 15.2. The minimum absolute atomic E-state index is 0.547. The van der Waals surface area contributed by atoms with Crippen molar-refractivity contribution in [2.45, 2.75) is 31.6 Å². The molecule has 1 aliphatic carbocycles. The quantitative estimate of drug-likeness (QED) is 0.826. The van der Waals surface area contributed by atoms with Crippen molar-refractivity contribution < 1.29 is 0 Å². The van der Waals surface area contributed by atoms with E-state index in [1.807, 2.05) is 6.07 Å². The van der Waals surface area contributed by atoms with E-state index in [1.54, 1.807) is 12.4 Å². The van der Waals surface area contributed by atoms with Crippen molar-refractivity contribution in [1.29, 1.82) is 0 Å². The first-order chi connectivity index (χ1) is 8.33. The zero-order chi connectivity index (χ0) is 11.7. The number of nitrogens with zero attached hydrogens (tertiary/aromatic N) is 3. The van der Waals surface area contributed by atoms with Gasteiger partial charge in [-0.1, -0.05) is 12.8 Å². The summed E-state index contributed by atoms with van der Waals surface area (Å²) in [6.45, 7) is 0.